The van der Waals surface area contributed by atoms with Gasteiger partial charge >= 0.3 is 126 Å². The number of nitrogens with zero attached hydrogens (tertiary/aromatic N) is 8. The molecule has 0 amide bonds. The van der Waals surface area contributed by atoms with E-state index in [1.54, 1.807) is 244 Å². The molecule has 0 aliphatic carbocycles. The number of fused-ring (bicyclic) bond motifs is 4. The van der Waals surface area contributed by atoms with E-state index in [4.69, 9.17) is 37.9 Å². The number of benzene rings is 8. The monoisotopic (exact) mass is 3740 g/mol. The van der Waals surface area contributed by atoms with Crippen LogP contribution in [0.15, 0.2) is 342 Å². The molecular formula is C96H72Br24N8O16Zn4. The molecule has 0 aliphatic rings. The standard InChI is InChI=1S/4C22H14N2O4.8CH2Br2.8BrH.4Zn/c4*25-21(16-3-1-9-23-13-16)27-19-7-5-15-6-8-20(12-18(15)11-19)28-22(26)17-4-2-10-24-14-17;8*2-1-3;;;;;;;;;;;;/h4*1-14H;8*1H2;8*1H;;;;/q;;;;;;;;;;;;;;;;;;;;4*+2/p-8. The van der Waals surface area contributed by atoms with Gasteiger partial charge in [-0.05, 0) is 237 Å². The van der Waals surface area contributed by atoms with Crippen LogP contribution in [-0.2, 0) is 77.9 Å². The number of ether oxygens (including phenoxy) is 8. The van der Waals surface area contributed by atoms with Crippen LogP contribution in [-0.4, -0.2) is 122 Å². The quantitative estimate of drug-likeness (QED) is 0.0452. The molecule has 0 spiro atoms. The van der Waals surface area contributed by atoms with Gasteiger partial charge in [-0.2, -0.15) is 0 Å². The van der Waals surface area contributed by atoms with E-state index in [0.29, 0.717) is 90.5 Å². The van der Waals surface area contributed by atoms with Crippen molar-refractivity contribution >= 4 is 346 Å². The Morgan fingerprint density at radius 1 is 0.162 bits per heavy atom. The zero-order valence-corrected chi connectivity index (χ0v) is 126. The van der Waals surface area contributed by atoms with E-state index in [1.165, 1.54) is 49.6 Å². The van der Waals surface area contributed by atoms with E-state index in [-0.39, 0.29) is 214 Å². The third-order valence-corrected chi connectivity index (χ3v) is 16.0. The number of hydrogen-bond donors (Lipinski definition) is 0. The summed E-state index contributed by atoms with van der Waals surface area (Å²) < 4.78 is 50.2. The Balaban J connectivity index is -0.000000267. The molecule has 24 nitrogen and oxygen atoms in total. The summed E-state index contributed by atoms with van der Waals surface area (Å²) in [6.45, 7) is 0. The van der Waals surface area contributed by atoms with Crippen LogP contribution in [0.3, 0.4) is 0 Å². The summed E-state index contributed by atoms with van der Waals surface area (Å²) in [5.74, 6) is -0.861. The van der Waals surface area contributed by atoms with Crippen LogP contribution in [0, 0.1) is 0 Å². The number of carbonyl (C=O) groups is 8. The van der Waals surface area contributed by atoms with E-state index >= 15 is 0 Å². The molecule has 8 aromatic heterocycles. The molecule has 0 N–H and O–H groups in total. The first kappa shape index (κ1) is 161. The summed E-state index contributed by atoms with van der Waals surface area (Å²) in [6.07, 6.45) is 24.2. The first-order chi connectivity index (χ1) is 66.1. The molecule has 0 saturated heterocycles. The first-order valence-corrected chi connectivity index (χ1v) is 56.1. The van der Waals surface area contributed by atoms with Crippen molar-refractivity contribution in [3.8, 4) is 46.0 Å². The fraction of sp³-hybridized carbons (Fsp3) is 0.0833. The molecule has 148 heavy (non-hydrogen) atoms. The van der Waals surface area contributed by atoms with Gasteiger partial charge < -0.3 is 174 Å². The van der Waals surface area contributed by atoms with Crippen molar-refractivity contribution in [1.82, 2.24) is 39.9 Å². The zero-order valence-electron chi connectivity index (χ0n) is 76.0. The van der Waals surface area contributed by atoms with Crippen molar-refractivity contribution in [2.24, 2.45) is 0 Å². The average molecular weight is 3770 g/mol. The van der Waals surface area contributed by atoms with Gasteiger partial charge in [-0.25, -0.2) is 38.4 Å². The maximum Gasteiger partial charge on any atom is 2.00 e. The van der Waals surface area contributed by atoms with Gasteiger partial charge in [0.05, 0.1) is 78.4 Å². The van der Waals surface area contributed by atoms with Crippen LogP contribution in [0.25, 0.3) is 43.1 Å². The molecule has 0 unspecified atom stereocenters. The number of halogens is 24. The van der Waals surface area contributed by atoms with Crippen molar-refractivity contribution in [2.45, 2.75) is 0 Å². The normalized spacial score (nSPS) is 8.86. The maximum absolute atomic E-state index is 12.2. The molecule has 0 bridgehead atoms. The predicted molar refractivity (Wildman–Crippen MR) is 591 cm³/mol. The molecule has 52 heteroatoms. The fourth-order valence-corrected chi connectivity index (χ4v) is 10.5. The topological polar surface area (TPSA) is 314 Å². The third kappa shape index (κ3) is 64.1. The van der Waals surface area contributed by atoms with Gasteiger partial charge in [0.15, 0.2) is 0 Å². The largest absolute Gasteiger partial charge is 2.00 e. The second-order valence-corrected chi connectivity index (χ2v) is 45.6. The SMILES string of the molecule is BrCBr.BrCBr.BrCBr.BrCBr.BrCBr.BrCBr.BrCBr.BrCBr.O=C(Oc1ccc2ccc(OC(=O)c3cccnc3)cc2c1)c1cccnc1.O=C(Oc1ccc2ccc(OC(=O)c3cccnc3)cc2c1)c1cccnc1.O=C(Oc1ccc2ccc(OC(=O)c3cccnc3)cc2c1)c1cccnc1.O=C(Oc1ccc2ccc(OC(=O)c3cccnc3)cc2c1)c1cccnc1.[Br-].[Br-].[Br-].[Br-].[Br-].[Br-].[Br-].[Br-].[Zn+2].[Zn+2].[Zn+2].[Zn+2]. The molecule has 768 valence electrons. The molecule has 16 aromatic rings. The van der Waals surface area contributed by atoms with Gasteiger partial charge in [-0.15, -0.1) is 0 Å². The van der Waals surface area contributed by atoms with E-state index in [2.05, 4.69) is 295 Å². The van der Waals surface area contributed by atoms with E-state index < -0.39 is 47.8 Å². The predicted octanol–water partition coefficient (Wildman–Crippen LogP) is 6.16. The molecule has 0 atom stereocenters. The zero-order chi connectivity index (χ0) is 99.0. The maximum atomic E-state index is 12.2. The molecular weight excluding hydrogens is 3700 g/mol. The summed E-state index contributed by atoms with van der Waals surface area (Å²) in [7, 11) is 0. The van der Waals surface area contributed by atoms with E-state index in [1.807, 2.05) is 48.5 Å². The van der Waals surface area contributed by atoms with Crippen molar-refractivity contribution in [1.29, 1.82) is 0 Å². The molecule has 8 heterocycles. The number of hydrogen-bond acceptors (Lipinski definition) is 24. The molecule has 0 saturated carbocycles. The fourth-order valence-electron chi connectivity index (χ4n) is 10.5. The van der Waals surface area contributed by atoms with Gasteiger partial charge in [0, 0.05) is 99.1 Å². The summed E-state index contributed by atoms with van der Waals surface area (Å²) in [4.78, 5) is 129. The van der Waals surface area contributed by atoms with Crippen LogP contribution in [0.4, 0.5) is 0 Å². The first-order valence-electron chi connectivity index (χ1n) is 38.2. The van der Waals surface area contributed by atoms with Gasteiger partial charge in [-0.1, -0.05) is 303 Å². The summed E-state index contributed by atoms with van der Waals surface area (Å²) in [6, 6.07) is 68.4. The Kier molecular flexibility index (Phi) is 108. The summed E-state index contributed by atoms with van der Waals surface area (Å²) >= 11 is 49.0. The molecule has 0 fully saturated rings. The van der Waals surface area contributed by atoms with Crippen LogP contribution in [0.2, 0.25) is 0 Å². The van der Waals surface area contributed by atoms with Crippen molar-refractivity contribution < 1.29 is 290 Å². The number of alkyl halides is 16. The summed E-state index contributed by atoms with van der Waals surface area (Å²) in [5.41, 5.74) is 2.90. The molecule has 0 aliphatic heterocycles. The van der Waals surface area contributed by atoms with Gasteiger partial charge in [-0.3, -0.25) is 39.9 Å². The molecule has 0 radical (unpaired) electrons. The van der Waals surface area contributed by atoms with Crippen LogP contribution in [0.1, 0.15) is 82.9 Å². The molecule has 8 aromatic carbocycles. The number of carbonyl (C=O) groups excluding carboxylic acids is 8. The summed E-state index contributed by atoms with van der Waals surface area (Å²) in [5, 5.41) is 6.76. The Morgan fingerprint density at radius 3 is 0.338 bits per heavy atom. The number of rotatable bonds is 16. The third-order valence-electron chi connectivity index (χ3n) is 16.0. The Morgan fingerprint density at radius 2 is 0.257 bits per heavy atom. The van der Waals surface area contributed by atoms with Crippen LogP contribution >= 0.6 is 255 Å². The van der Waals surface area contributed by atoms with Crippen LogP contribution < -0.4 is 174 Å². The van der Waals surface area contributed by atoms with E-state index in [9.17, 15) is 38.4 Å². The number of aromatic nitrogens is 8. The minimum absolute atomic E-state index is 0. The Hall–Kier alpha value is -2.23. The molecule has 16 rings (SSSR count). The Bertz CT molecular complexity index is 5230. The Labute approximate surface area is 1120 Å². The van der Waals surface area contributed by atoms with Crippen molar-refractivity contribution in [3.63, 3.8) is 0 Å². The van der Waals surface area contributed by atoms with Gasteiger partial charge in [0.2, 0.25) is 0 Å². The minimum Gasteiger partial charge on any atom is -1.00 e. The van der Waals surface area contributed by atoms with E-state index in [0.717, 1.165) is 77.0 Å². The smallest absolute Gasteiger partial charge is 1.00 e. The number of pyridine rings is 8. The van der Waals surface area contributed by atoms with Gasteiger partial charge in [0.1, 0.15) is 46.0 Å². The van der Waals surface area contributed by atoms with Gasteiger partial charge in [0.25, 0.3) is 0 Å². The van der Waals surface area contributed by atoms with Crippen molar-refractivity contribution in [3.05, 3.63) is 386 Å². The van der Waals surface area contributed by atoms with Crippen molar-refractivity contribution in [2.75, 3.05) is 33.9 Å². The second-order valence-electron chi connectivity index (χ2n) is 24.5. The number of esters is 8. The van der Waals surface area contributed by atoms with Crippen LogP contribution in [0.5, 0.6) is 46.0 Å². The average Bonchev–Trinajstić information content (AvgIpc) is 0.827. The second kappa shape index (κ2) is 99.1. The minimum atomic E-state index is -0.494.